The van der Waals surface area contributed by atoms with Crippen LogP contribution in [-0.4, -0.2) is 9.97 Å². The second-order valence-electron chi connectivity index (χ2n) is 5.77. The van der Waals surface area contributed by atoms with Gasteiger partial charge in [-0.05, 0) is 30.7 Å². The number of rotatable bonds is 1. The van der Waals surface area contributed by atoms with Gasteiger partial charge in [-0.3, -0.25) is 0 Å². The second kappa shape index (κ2) is 5.09. The number of aromatic nitrogens is 2. The van der Waals surface area contributed by atoms with E-state index in [4.69, 9.17) is 0 Å². The van der Waals surface area contributed by atoms with Gasteiger partial charge in [-0.25, -0.2) is 4.98 Å². The highest BCUT2D eigenvalue weighted by atomic mass is 19.4. The van der Waals surface area contributed by atoms with Crippen molar-refractivity contribution in [3.8, 4) is 11.3 Å². The smallest absolute Gasteiger partial charge is 0.360 e. The van der Waals surface area contributed by atoms with Gasteiger partial charge in [-0.15, -0.1) is 0 Å². The third-order valence-electron chi connectivity index (χ3n) is 4.24. The first-order chi connectivity index (χ1) is 11.4. The van der Waals surface area contributed by atoms with Crippen molar-refractivity contribution in [2.45, 2.75) is 13.1 Å². The maximum absolute atomic E-state index is 13.1. The predicted octanol–water partition coefficient (Wildman–Crippen LogP) is 5.71. The molecule has 0 aliphatic carbocycles. The number of H-pyrrole nitrogens is 1. The maximum atomic E-state index is 13.1. The summed E-state index contributed by atoms with van der Waals surface area (Å²) in [5, 5.41) is 1.12. The van der Waals surface area contributed by atoms with Gasteiger partial charge in [0.1, 0.15) is 0 Å². The molecule has 2 aromatic carbocycles. The van der Waals surface area contributed by atoms with E-state index in [2.05, 4.69) is 9.97 Å². The lowest BCUT2D eigenvalue weighted by molar-refractivity contribution is -0.136. The zero-order valence-corrected chi connectivity index (χ0v) is 12.8. The number of alkyl halides is 3. The Morgan fingerprint density at radius 1 is 0.917 bits per heavy atom. The fraction of sp³-hybridized carbons (Fsp3) is 0.105. The Morgan fingerprint density at radius 3 is 2.50 bits per heavy atom. The lowest BCUT2D eigenvalue weighted by Crippen LogP contribution is -2.05. The zero-order valence-electron chi connectivity index (χ0n) is 12.8. The van der Waals surface area contributed by atoms with Gasteiger partial charge in [0.05, 0.1) is 16.8 Å². The second-order valence-corrected chi connectivity index (χ2v) is 5.77. The van der Waals surface area contributed by atoms with Gasteiger partial charge in [0.15, 0.2) is 0 Å². The summed E-state index contributed by atoms with van der Waals surface area (Å²) in [5.74, 6) is 0. The quantitative estimate of drug-likeness (QED) is 0.477. The molecule has 0 atom stereocenters. The van der Waals surface area contributed by atoms with Crippen LogP contribution in [0.1, 0.15) is 11.1 Å². The Labute approximate surface area is 136 Å². The van der Waals surface area contributed by atoms with Gasteiger partial charge in [0.25, 0.3) is 0 Å². The number of pyridine rings is 1. The van der Waals surface area contributed by atoms with Crippen LogP contribution in [-0.2, 0) is 6.18 Å². The SMILES string of the molecule is Cc1cccc2c(-c3ccc4c(C(F)(F)F)cccc4n3)c[nH]c12. The molecule has 0 aliphatic rings. The molecule has 2 aromatic heterocycles. The van der Waals surface area contributed by atoms with Crippen molar-refractivity contribution in [3.05, 3.63) is 65.9 Å². The van der Waals surface area contributed by atoms with Gasteiger partial charge >= 0.3 is 6.18 Å². The minimum absolute atomic E-state index is 0.116. The number of para-hydroxylation sites is 1. The van der Waals surface area contributed by atoms with Gasteiger partial charge in [0.2, 0.25) is 0 Å². The van der Waals surface area contributed by atoms with Gasteiger partial charge < -0.3 is 4.98 Å². The van der Waals surface area contributed by atoms with E-state index in [1.165, 1.54) is 12.1 Å². The number of aromatic amines is 1. The van der Waals surface area contributed by atoms with Crippen molar-refractivity contribution >= 4 is 21.8 Å². The standard InChI is InChI=1S/C19H13F3N2/c1-11-4-2-5-12-14(10-23-18(11)12)17-9-8-13-15(19(20,21)22)6-3-7-16(13)24-17/h2-10,23H,1H3. The first-order valence-electron chi connectivity index (χ1n) is 7.49. The highest BCUT2D eigenvalue weighted by Crippen LogP contribution is 2.36. The molecule has 0 spiro atoms. The summed E-state index contributed by atoms with van der Waals surface area (Å²) >= 11 is 0. The molecular formula is C19H13F3N2. The third-order valence-corrected chi connectivity index (χ3v) is 4.24. The predicted molar refractivity (Wildman–Crippen MR) is 88.8 cm³/mol. The Bertz CT molecular complexity index is 1060. The molecule has 0 saturated carbocycles. The molecule has 5 heteroatoms. The van der Waals surface area contributed by atoms with Crippen molar-refractivity contribution in [3.63, 3.8) is 0 Å². The van der Waals surface area contributed by atoms with Crippen LogP contribution in [0.25, 0.3) is 33.1 Å². The number of nitrogens with zero attached hydrogens (tertiary/aromatic N) is 1. The van der Waals surface area contributed by atoms with E-state index in [9.17, 15) is 13.2 Å². The molecule has 0 amide bonds. The molecule has 0 fully saturated rings. The molecule has 0 aliphatic heterocycles. The number of aryl methyl sites for hydroxylation is 1. The van der Waals surface area contributed by atoms with Crippen molar-refractivity contribution in [1.29, 1.82) is 0 Å². The van der Waals surface area contributed by atoms with E-state index in [1.54, 1.807) is 12.1 Å². The molecule has 24 heavy (non-hydrogen) atoms. The summed E-state index contributed by atoms with van der Waals surface area (Å²) in [7, 11) is 0. The molecule has 0 saturated heterocycles. The minimum atomic E-state index is -4.39. The summed E-state index contributed by atoms with van der Waals surface area (Å²) in [6, 6.07) is 13.2. The van der Waals surface area contributed by atoms with Crippen LogP contribution in [0.3, 0.4) is 0 Å². The number of hydrogen-bond donors (Lipinski definition) is 1. The zero-order chi connectivity index (χ0) is 16.9. The molecule has 4 aromatic rings. The molecule has 1 N–H and O–H groups in total. The molecule has 0 radical (unpaired) electrons. The van der Waals surface area contributed by atoms with Crippen LogP contribution in [0, 0.1) is 6.92 Å². The Kier molecular flexibility index (Phi) is 3.13. The van der Waals surface area contributed by atoms with Gasteiger partial charge in [0, 0.05) is 28.0 Å². The van der Waals surface area contributed by atoms with Crippen LogP contribution in [0.5, 0.6) is 0 Å². The molecule has 120 valence electrons. The van der Waals surface area contributed by atoms with Crippen LogP contribution < -0.4 is 0 Å². The fourth-order valence-electron chi connectivity index (χ4n) is 3.07. The molecule has 0 unspecified atom stereocenters. The average molecular weight is 326 g/mol. The minimum Gasteiger partial charge on any atom is -0.360 e. The van der Waals surface area contributed by atoms with Crippen molar-refractivity contribution in [1.82, 2.24) is 9.97 Å². The summed E-state index contributed by atoms with van der Waals surface area (Å²) in [6.45, 7) is 2.01. The molecule has 0 bridgehead atoms. The summed E-state index contributed by atoms with van der Waals surface area (Å²) in [5.41, 5.74) is 3.34. The van der Waals surface area contributed by atoms with E-state index >= 15 is 0 Å². The highest BCUT2D eigenvalue weighted by Gasteiger charge is 2.32. The van der Waals surface area contributed by atoms with Crippen molar-refractivity contribution < 1.29 is 13.2 Å². The van der Waals surface area contributed by atoms with Gasteiger partial charge in [-0.2, -0.15) is 13.2 Å². The Balaban J connectivity index is 1.94. The lowest BCUT2D eigenvalue weighted by Gasteiger charge is -2.10. The largest absolute Gasteiger partial charge is 0.417 e. The average Bonchev–Trinajstić information content (AvgIpc) is 2.98. The Hall–Kier alpha value is -2.82. The van der Waals surface area contributed by atoms with Crippen LogP contribution >= 0.6 is 0 Å². The van der Waals surface area contributed by atoms with E-state index in [-0.39, 0.29) is 5.39 Å². The molecule has 2 heterocycles. The number of benzene rings is 2. The topological polar surface area (TPSA) is 28.7 Å². The first kappa shape index (κ1) is 14.8. The number of hydrogen-bond acceptors (Lipinski definition) is 1. The number of halogens is 3. The third kappa shape index (κ3) is 2.24. The van der Waals surface area contributed by atoms with E-state index in [0.29, 0.717) is 11.2 Å². The van der Waals surface area contributed by atoms with E-state index in [0.717, 1.165) is 28.1 Å². The Morgan fingerprint density at radius 2 is 1.71 bits per heavy atom. The van der Waals surface area contributed by atoms with E-state index < -0.39 is 11.7 Å². The lowest BCUT2D eigenvalue weighted by atomic mass is 10.0. The summed E-state index contributed by atoms with van der Waals surface area (Å²) in [4.78, 5) is 7.67. The van der Waals surface area contributed by atoms with Crippen LogP contribution in [0.2, 0.25) is 0 Å². The molecule has 2 nitrogen and oxygen atoms in total. The normalized spacial score (nSPS) is 12.2. The summed E-state index contributed by atoms with van der Waals surface area (Å²) < 4.78 is 39.3. The number of nitrogens with one attached hydrogen (secondary N) is 1. The maximum Gasteiger partial charge on any atom is 0.417 e. The van der Waals surface area contributed by atoms with Gasteiger partial charge in [-0.1, -0.05) is 30.3 Å². The van der Waals surface area contributed by atoms with Crippen molar-refractivity contribution in [2.75, 3.05) is 0 Å². The molecular weight excluding hydrogens is 313 g/mol. The highest BCUT2D eigenvalue weighted by molar-refractivity contribution is 5.97. The van der Waals surface area contributed by atoms with E-state index in [1.807, 2.05) is 31.3 Å². The fourth-order valence-corrected chi connectivity index (χ4v) is 3.07. The first-order valence-corrected chi connectivity index (χ1v) is 7.49. The number of fused-ring (bicyclic) bond motifs is 2. The van der Waals surface area contributed by atoms with Crippen LogP contribution in [0.15, 0.2) is 54.7 Å². The summed E-state index contributed by atoms with van der Waals surface area (Å²) in [6.07, 6.45) is -2.54. The van der Waals surface area contributed by atoms with Crippen molar-refractivity contribution in [2.24, 2.45) is 0 Å². The van der Waals surface area contributed by atoms with Crippen LogP contribution in [0.4, 0.5) is 13.2 Å². The monoisotopic (exact) mass is 326 g/mol. The molecule has 4 rings (SSSR count).